The number of furan rings is 1. The lowest BCUT2D eigenvalue weighted by atomic mass is 10.1. The second kappa shape index (κ2) is 7.22. The van der Waals surface area contributed by atoms with Gasteiger partial charge >= 0.3 is 0 Å². The fourth-order valence-electron chi connectivity index (χ4n) is 2.21. The van der Waals surface area contributed by atoms with Crippen LogP contribution < -0.4 is 5.32 Å². The van der Waals surface area contributed by atoms with E-state index in [0.717, 1.165) is 0 Å². The Kier molecular flexibility index (Phi) is 4.66. The highest BCUT2D eigenvalue weighted by atomic mass is 16.6. The van der Waals surface area contributed by atoms with Crippen molar-refractivity contribution >= 4 is 23.4 Å². The Morgan fingerprint density at radius 2 is 2.00 bits per heavy atom. The second-order valence-corrected chi connectivity index (χ2v) is 5.04. The van der Waals surface area contributed by atoms with Crippen LogP contribution in [0.1, 0.15) is 5.76 Å². The van der Waals surface area contributed by atoms with E-state index < -0.39 is 4.92 Å². The smallest absolute Gasteiger partial charge is 0.280 e. The predicted octanol–water partition coefficient (Wildman–Crippen LogP) is 3.90. The van der Waals surface area contributed by atoms with Gasteiger partial charge in [-0.2, -0.15) is 0 Å². The molecule has 0 spiro atoms. The monoisotopic (exact) mass is 335 g/mol. The van der Waals surface area contributed by atoms with Crippen molar-refractivity contribution in [2.24, 2.45) is 0 Å². The van der Waals surface area contributed by atoms with Crippen molar-refractivity contribution < 1.29 is 14.1 Å². The lowest BCUT2D eigenvalue weighted by Gasteiger charge is -1.99. The summed E-state index contributed by atoms with van der Waals surface area (Å²) in [5, 5.41) is 13.7. The summed E-state index contributed by atoms with van der Waals surface area (Å²) in [5.41, 5.74) is 0.922. The first kappa shape index (κ1) is 16.1. The maximum Gasteiger partial charge on any atom is 0.280 e. The van der Waals surface area contributed by atoms with Crippen molar-refractivity contribution in [3.8, 4) is 11.3 Å². The minimum absolute atomic E-state index is 0.0401. The predicted molar refractivity (Wildman–Crippen MR) is 92.7 cm³/mol. The van der Waals surface area contributed by atoms with Crippen molar-refractivity contribution in [2.45, 2.75) is 0 Å². The molecule has 3 aromatic rings. The Morgan fingerprint density at radius 3 is 2.76 bits per heavy atom. The van der Waals surface area contributed by atoms with Gasteiger partial charge in [0.05, 0.1) is 22.4 Å². The van der Waals surface area contributed by atoms with Crippen LogP contribution in [0.2, 0.25) is 0 Å². The van der Waals surface area contributed by atoms with Crippen molar-refractivity contribution in [1.29, 1.82) is 0 Å². The van der Waals surface area contributed by atoms with Crippen LogP contribution in [-0.4, -0.2) is 15.8 Å². The quantitative estimate of drug-likeness (QED) is 0.433. The number of benzene rings is 1. The molecule has 0 atom stereocenters. The molecule has 0 saturated carbocycles. The summed E-state index contributed by atoms with van der Waals surface area (Å²) < 4.78 is 5.58. The van der Waals surface area contributed by atoms with E-state index in [2.05, 4.69) is 10.3 Å². The molecule has 0 aliphatic heterocycles. The maximum atomic E-state index is 11.8. The minimum atomic E-state index is -0.464. The number of nitrogens with one attached hydrogen (secondary N) is 1. The summed E-state index contributed by atoms with van der Waals surface area (Å²) >= 11 is 0. The zero-order valence-electron chi connectivity index (χ0n) is 13.0. The van der Waals surface area contributed by atoms with Crippen molar-refractivity contribution in [3.63, 3.8) is 0 Å². The Hall–Kier alpha value is -3.74. The highest BCUT2D eigenvalue weighted by Crippen LogP contribution is 2.31. The zero-order chi connectivity index (χ0) is 17.6. The van der Waals surface area contributed by atoms with Gasteiger partial charge in [-0.25, -0.2) is 0 Å². The molecule has 0 radical (unpaired) electrons. The molecule has 124 valence electrons. The molecule has 0 bridgehead atoms. The van der Waals surface area contributed by atoms with Crippen LogP contribution >= 0.6 is 0 Å². The van der Waals surface area contributed by atoms with Crippen molar-refractivity contribution in [3.05, 3.63) is 82.9 Å². The number of para-hydroxylation sites is 1. The number of anilines is 1. The lowest BCUT2D eigenvalue weighted by molar-refractivity contribution is -0.384. The van der Waals surface area contributed by atoms with Gasteiger partial charge < -0.3 is 9.73 Å². The summed E-state index contributed by atoms with van der Waals surface area (Å²) in [5.74, 6) is 0.436. The van der Waals surface area contributed by atoms with E-state index >= 15 is 0 Å². The molecule has 1 amide bonds. The van der Waals surface area contributed by atoms with Crippen LogP contribution in [0, 0.1) is 10.1 Å². The Bertz CT molecular complexity index is 932. The summed E-state index contributed by atoms with van der Waals surface area (Å²) in [6.07, 6.45) is 5.95. The van der Waals surface area contributed by atoms with Crippen molar-refractivity contribution in [1.82, 2.24) is 4.98 Å². The summed E-state index contributed by atoms with van der Waals surface area (Å²) in [6.45, 7) is 0. The average Bonchev–Trinajstić information content (AvgIpc) is 3.10. The highest BCUT2D eigenvalue weighted by molar-refractivity contribution is 6.01. The molecular formula is C18H13N3O4. The third kappa shape index (κ3) is 3.97. The van der Waals surface area contributed by atoms with Crippen LogP contribution in [0.5, 0.6) is 0 Å². The summed E-state index contributed by atoms with van der Waals surface area (Å²) in [4.78, 5) is 26.4. The molecule has 2 heterocycles. The van der Waals surface area contributed by atoms with Crippen LogP contribution in [0.25, 0.3) is 17.4 Å². The topological polar surface area (TPSA) is 98.3 Å². The first-order valence-corrected chi connectivity index (χ1v) is 7.36. The first-order valence-electron chi connectivity index (χ1n) is 7.36. The van der Waals surface area contributed by atoms with E-state index in [-0.39, 0.29) is 11.6 Å². The number of hydrogen-bond donors (Lipinski definition) is 1. The summed E-state index contributed by atoms with van der Waals surface area (Å²) in [6, 6.07) is 13.0. The van der Waals surface area contributed by atoms with E-state index in [9.17, 15) is 14.9 Å². The molecule has 2 aromatic heterocycles. The Labute approximate surface area is 142 Å². The highest BCUT2D eigenvalue weighted by Gasteiger charge is 2.16. The normalized spacial score (nSPS) is 10.7. The standard InChI is InChI=1S/C18H13N3O4/c22-18(20-13-4-3-11-19-12-13)10-8-14-7-9-17(25-14)15-5-1-2-6-16(15)21(23)24/h1-12H,(H,20,22). The number of nitro benzene ring substituents is 1. The van der Waals surface area contributed by atoms with Crippen LogP contribution in [0.4, 0.5) is 11.4 Å². The number of carbonyl (C=O) groups is 1. The lowest BCUT2D eigenvalue weighted by Crippen LogP contribution is -2.07. The molecule has 0 unspecified atom stereocenters. The molecule has 1 aromatic carbocycles. The van der Waals surface area contributed by atoms with Gasteiger partial charge in [-0.05, 0) is 36.4 Å². The number of aromatic nitrogens is 1. The Balaban J connectivity index is 1.74. The largest absolute Gasteiger partial charge is 0.456 e. The number of pyridine rings is 1. The maximum absolute atomic E-state index is 11.8. The van der Waals surface area contributed by atoms with Gasteiger partial charge in [-0.15, -0.1) is 0 Å². The molecule has 0 aliphatic rings. The molecule has 1 N–H and O–H groups in total. The van der Waals surface area contributed by atoms with E-state index in [4.69, 9.17) is 4.42 Å². The minimum Gasteiger partial charge on any atom is -0.456 e. The molecule has 7 heteroatoms. The van der Waals surface area contributed by atoms with E-state index in [1.165, 1.54) is 24.4 Å². The van der Waals surface area contributed by atoms with Gasteiger partial charge in [-0.3, -0.25) is 19.9 Å². The van der Waals surface area contributed by atoms with Gasteiger partial charge in [0, 0.05) is 18.3 Å². The number of amides is 1. The Morgan fingerprint density at radius 1 is 1.16 bits per heavy atom. The number of nitrogens with zero attached hydrogens (tertiary/aromatic N) is 2. The first-order chi connectivity index (χ1) is 12.1. The third-order valence-electron chi connectivity index (χ3n) is 3.32. The van der Waals surface area contributed by atoms with Gasteiger partial charge in [0.25, 0.3) is 5.69 Å². The van der Waals surface area contributed by atoms with Gasteiger partial charge in [0.15, 0.2) is 0 Å². The fourth-order valence-corrected chi connectivity index (χ4v) is 2.21. The zero-order valence-corrected chi connectivity index (χ0v) is 13.0. The van der Waals surface area contributed by atoms with Gasteiger partial charge in [-0.1, -0.05) is 12.1 Å². The number of rotatable bonds is 5. The summed E-state index contributed by atoms with van der Waals surface area (Å²) in [7, 11) is 0. The van der Waals surface area contributed by atoms with E-state index in [1.807, 2.05) is 0 Å². The van der Waals surface area contributed by atoms with Crippen LogP contribution in [0.3, 0.4) is 0 Å². The van der Waals surface area contributed by atoms with Crippen LogP contribution in [0.15, 0.2) is 71.4 Å². The molecule has 0 fully saturated rings. The van der Waals surface area contributed by atoms with Gasteiger partial charge in [0.2, 0.25) is 5.91 Å². The number of carbonyl (C=O) groups excluding carboxylic acids is 1. The molecule has 3 rings (SSSR count). The average molecular weight is 335 g/mol. The second-order valence-electron chi connectivity index (χ2n) is 5.04. The molecule has 7 nitrogen and oxygen atoms in total. The van der Waals surface area contributed by atoms with Crippen LogP contribution in [-0.2, 0) is 4.79 Å². The van der Waals surface area contributed by atoms with E-state index in [0.29, 0.717) is 22.8 Å². The molecule has 0 saturated heterocycles. The van der Waals surface area contributed by atoms with Gasteiger partial charge in [0.1, 0.15) is 11.5 Å². The molecular weight excluding hydrogens is 322 g/mol. The number of hydrogen-bond acceptors (Lipinski definition) is 5. The van der Waals surface area contributed by atoms with E-state index in [1.54, 1.807) is 48.7 Å². The third-order valence-corrected chi connectivity index (χ3v) is 3.32. The number of nitro groups is 1. The fraction of sp³-hybridized carbons (Fsp3) is 0. The van der Waals surface area contributed by atoms with Crippen molar-refractivity contribution in [2.75, 3.05) is 5.32 Å². The SMILES string of the molecule is O=C(C=Cc1ccc(-c2ccccc2[N+](=O)[O-])o1)Nc1cccnc1. The molecule has 25 heavy (non-hydrogen) atoms. The molecule has 0 aliphatic carbocycles.